The molecule has 1 unspecified atom stereocenters. The van der Waals surface area contributed by atoms with E-state index in [-0.39, 0.29) is 0 Å². The molecule has 98 valence electrons. The van der Waals surface area contributed by atoms with Crippen LogP contribution in [0.3, 0.4) is 0 Å². The molecule has 2 aromatic heterocycles. The van der Waals surface area contributed by atoms with Crippen LogP contribution in [0.5, 0.6) is 0 Å². The number of aliphatic hydroxyl groups is 1. The van der Waals surface area contributed by atoms with Crippen molar-refractivity contribution in [1.82, 2.24) is 9.78 Å². The lowest BCUT2D eigenvalue weighted by Gasteiger charge is -2.11. The summed E-state index contributed by atoms with van der Waals surface area (Å²) in [7, 11) is 1.86. The summed E-state index contributed by atoms with van der Waals surface area (Å²) in [6, 6.07) is 2.07. The van der Waals surface area contributed by atoms with E-state index in [0.29, 0.717) is 11.4 Å². The van der Waals surface area contributed by atoms with Crippen LogP contribution in [0.25, 0.3) is 0 Å². The molecule has 18 heavy (non-hydrogen) atoms. The van der Waals surface area contributed by atoms with Crippen LogP contribution in [0, 0.1) is 6.92 Å². The Bertz CT molecular complexity index is 547. The van der Waals surface area contributed by atoms with Crippen LogP contribution in [0.15, 0.2) is 11.4 Å². The predicted octanol–water partition coefficient (Wildman–Crippen LogP) is 3.28. The number of nitrogens with zero attached hydrogens (tertiary/aromatic N) is 2. The second-order valence-corrected chi connectivity index (χ2v) is 5.68. The first-order valence-electron chi connectivity index (χ1n) is 5.96. The van der Waals surface area contributed by atoms with Gasteiger partial charge in [-0.2, -0.15) is 5.10 Å². The van der Waals surface area contributed by atoms with Gasteiger partial charge in [0.2, 0.25) is 0 Å². The minimum Gasteiger partial charge on any atom is -0.387 e. The summed E-state index contributed by atoms with van der Waals surface area (Å²) in [5.74, 6) is 0. The maximum atomic E-state index is 10.3. The summed E-state index contributed by atoms with van der Waals surface area (Å²) in [6.45, 7) is 3.97. The van der Waals surface area contributed by atoms with Crippen LogP contribution in [0.1, 0.15) is 34.9 Å². The summed E-state index contributed by atoms with van der Waals surface area (Å²) >= 11 is 7.80. The first kappa shape index (κ1) is 13.6. The molecular formula is C13H17ClN2OS. The molecule has 2 heterocycles. The quantitative estimate of drug-likeness (QED) is 0.936. The van der Waals surface area contributed by atoms with Crippen LogP contribution in [0.2, 0.25) is 5.02 Å². The van der Waals surface area contributed by atoms with Crippen molar-refractivity contribution >= 4 is 22.9 Å². The van der Waals surface area contributed by atoms with Gasteiger partial charge in [-0.25, -0.2) is 0 Å². The average Bonchev–Trinajstić information content (AvgIpc) is 2.90. The first-order chi connectivity index (χ1) is 8.54. The molecule has 0 spiro atoms. The highest BCUT2D eigenvalue weighted by atomic mass is 35.5. The molecule has 2 aromatic rings. The number of rotatable bonds is 4. The zero-order chi connectivity index (χ0) is 13.3. The van der Waals surface area contributed by atoms with E-state index < -0.39 is 6.10 Å². The number of aliphatic hydroxyl groups excluding tert-OH is 1. The molecule has 0 aromatic carbocycles. The van der Waals surface area contributed by atoms with Crippen LogP contribution >= 0.6 is 22.9 Å². The first-order valence-corrected chi connectivity index (χ1v) is 7.22. The normalized spacial score (nSPS) is 12.9. The van der Waals surface area contributed by atoms with Gasteiger partial charge in [-0.1, -0.05) is 18.5 Å². The van der Waals surface area contributed by atoms with Crippen molar-refractivity contribution in [2.24, 2.45) is 7.05 Å². The molecule has 0 bridgehead atoms. The van der Waals surface area contributed by atoms with E-state index in [1.165, 1.54) is 5.56 Å². The number of aryl methyl sites for hydroxylation is 3. The Balaban J connectivity index is 2.24. The number of aromatic nitrogens is 2. The van der Waals surface area contributed by atoms with Gasteiger partial charge in [0.25, 0.3) is 0 Å². The SMILES string of the molecule is CCc1ccsc1C(O)Cc1c(Cl)c(C)nn1C. The minimum atomic E-state index is -0.507. The van der Waals surface area contributed by atoms with E-state index in [2.05, 4.69) is 18.1 Å². The summed E-state index contributed by atoms with van der Waals surface area (Å²) in [6.07, 6.45) is 0.935. The molecule has 1 atom stereocenters. The van der Waals surface area contributed by atoms with Gasteiger partial charge in [0.05, 0.1) is 22.5 Å². The van der Waals surface area contributed by atoms with Gasteiger partial charge in [0.1, 0.15) is 0 Å². The third-order valence-corrected chi connectivity index (χ3v) is 4.66. The van der Waals surface area contributed by atoms with E-state index >= 15 is 0 Å². The van der Waals surface area contributed by atoms with Crippen molar-refractivity contribution in [3.8, 4) is 0 Å². The van der Waals surface area contributed by atoms with Crippen LogP contribution in [-0.4, -0.2) is 14.9 Å². The molecule has 0 saturated carbocycles. The molecule has 0 aliphatic heterocycles. The fourth-order valence-corrected chi connectivity index (χ4v) is 3.33. The number of hydrogen-bond acceptors (Lipinski definition) is 3. The van der Waals surface area contributed by atoms with E-state index in [4.69, 9.17) is 11.6 Å². The van der Waals surface area contributed by atoms with Crippen molar-refractivity contribution in [3.05, 3.63) is 38.3 Å². The fraction of sp³-hybridized carbons (Fsp3) is 0.462. The maximum absolute atomic E-state index is 10.3. The Morgan fingerprint density at radius 1 is 1.56 bits per heavy atom. The van der Waals surface area contributed by atoms with Crippen LogP contribution < -0.4 is 0 Å². The third kappa shape index (κ3) is 2.46. The van der Waals surface area contributed by atoms with E-state index in [1.54, 1.807) is 16.0 Å². The summed E-state index contributed by atoms with van der Waals surface area (Å²) in [4.78, 5) is 1.03. The van der Waals surface area contributed by atoms with Gasteiger partial charge in [0.15, 0.2) is 0 Å². The van der Waals surface area contributed by atoms with Crippen molar-refractivity contribution in [2.45, 2.75) is 32.8 Å². The minimum absolute atomic E-state index is 0.504. The summed E-state index contributed by atoms with van der Waals surface area (Å²) < 4.78 is 1.75. The molecule has 2 rings (SSSR count). The zero-order valence-electron chi connectivity index (χ0n) is 10.8. The molecule has 0 aliphatic carbocycles. The lowest BCUT2D eigenvalue weighted by molar-refractivity contribution is 0.178. The molecule has 0 saturated heterocycles. The van der Waals surface area contributed by atoms with Crippen LogP contribution in [-0.2, 0) is 19.9 Å². The molecule has 0 amide bonds. The largest absolute Gasteiger partial charge is 0.387 e. The maximum Gasteiger partial charge on any atom is 0.0940 e. The highest BCUT2D eigenvalue weighted by Crippen LogP contribution is 2.30. The molecule has 0 radical (unpaired) electrons. The fourth-order valence-electron chi connectivity index (χ4n) is 2.11. The average molecular weight is 285 g/mol. The van der Waals surface area contributed by atoms with E-state index in [0.717, 1.165) is 22.7 Å². The molecule has 1 N–H and O–H groups in total. The number of halogens is 1. The third-order valence-electron chi connectivity index (χ3n) is 3.11. The number of thiophene rings is 1. The van der Waals surface area contributed by atoms with Gasteiger partial charge >= 0.3 is 0 Å². The summed E-state index contributed by atoms with van der Waals surface area (Å²) in [5, 5.41) is 17.3. The highest BCUT2D eigenvalue weighted by molar-refractivity contribution is 7.10. The van der Waals surface area contributed by atoms with Gasteiger partial charge in [-0.15, -0.1) is 11.3 Å². The van der Waals surface area contributed by atoms with E-state index in [9.17, 15) is 5.11 Å². The van der Waals surface area contributed by atoms with Gasteiger partial charge in [-0.05, 0) is 30.4 Å². The number of hydrogen-bond donors (Lipinski definition) is 1. The lowest BCUT2D eigenvalue weighted by Crippen LogP contribution is -2.07. The second-order valence-electron chi connectivity index (χ2n) is 4.35. The van der Waals surface area contributed by atoms with Crippen molar-refractivity contribution < 1.29 is 5.11 Å². The molecular weight excluding hydrogens is 268 g/mol. The van der Waals surface area contributed by atoms with Gasteiger partial charge < -0.3 is 5.11 Å². The van der Waals surface area contributed by atoms with Crippen molar-refractivity contribution in [3.63, 3.8) is 0 Å². The molecule has 3 nitrogen and oxygen atoms in total. The van der Waals surface area contributed by atoms with Crippen LogP contribution in [0.4, 0.5) is 0 Å². The smallest absolute Gasteiger partial charge is 0.0940 e. The van der Waals surface area contributed by atoms with Gasteiger partial charge in [-0.3, -0.25) is 4.68 Å². The Morgan fingerprint density at radius 2 is 2.28 bits per heavy atom. The zero-order valence-corrected chi connectivity index (χ0v) is 12.3. The molecule has 5 heteroatoms. The Hall–Kier alpha value is -0.840. The van der Waals surface area contributed by atoms with E-state index in [1.807, 2.05) is 19.4 Å². The highest BCUT2D eigenvalue weighted by Gasteiger charge is 2.19. The Kier molecular flexibility index (Phi) is 4.10. The Labute approximate surface area is 116 Å². The summed E-state index contributed by atoms with van der Waals surface area (Å²) in [5.41, 5.74) is 2.91. The molecule has 0 aliphatic rings. The standard InChI is InChI=1S/C13H17ClN2OS/c1-4-9-5-6-18-13(9)11(17)7-10-12(14)8(2)15-16(10)3/h5-6,11,17H,4,7H2,1-3H3. The monoisotopic (exact) mass is 284 g/mol. The molecule has 0 fully saturated rings. The van der Waals surface area contributed by atoms with Gasteiger partial charge in [0, 0.05) is 18.3 Å². The topological polar surface area (TPSA) is 38.1 Å². The Morgan fingerprint density at radius 3 is 2.83 bits per heavy atom. The predicted molar refractivity (Wildman–Crippen MR) is 75.3 cm³/mol. The lowest BCUT2D eigenvalue weighted by atomic mass is 10.1. The van der Waals surface area contributed by atoms with Crippen molar-refractivity contribution in [2.75, 3.05) is 0 Å². The second kappa shape index (κ2) is 5.43. The van der Waals surface area contributed by atoms with Crippen molar-refractivity contribution in [1.29, 1.82) is 0 Å².